The lowest BCUT2D eigenvalue weighted by atomic mass is 10.3. The third-order valence-electron chi connectivity index (χ3n) is 1.61. The molecule has 0 aliphatic carbocycles. The summed E-state index contributed by atoms with van der Waals surface area (Å²) in [4.78, 5) is 7.96. The molecule has 0 spiro atoms. The molecule has 0 radical (unpaired) electrons. The minimum atomic E-state index is 0.235. The van der Waals surface area contributed by atoms with Gasteiger partial charge in [-0.1, -0.05) is 13.8 Å². The van der Waals surface area contributed by atoms with Gasteiger partial charge in [0, 0.05) is 0 Å². The van der Waals surface area contributed by atoms with Gasteiger partial charge in [-0.3, -0.25) is 0 Å². The normalized spacial score (nSPS) is 8.67. The molecule has 0 saturated heterocycles. The first-order valence-corrected chi connectivity index (χ1v) is 4.73. The number of ether oxygens (including phenoxy) is 3. The largest absolute Gasteiger partial charge is 0.481 e. The van der Waals surface area contributed by atoms with Crippen molar-refractivity contribution < 1.29 is 14.2 Å². The molecule has 0 unspecified atom stereocenters. The van der Waals surface area contributed by atoms with Gasteiger partial charge in [-0.25, -0.2) is 0 Å². The molecule has 5 nitrogen and oxygen atoms in total. The summed E-state index contributed by atoms with van der Waals surface area (Å²) in [6.07, 6.45) is 0. The first-order valence-electron chi connectivity index (χ1n) is 4.73. The summed E-state index contributed by atoms with van der Waals surface area (Å²) in [5.74, 6) is 0.924. The number of methoxy groups -OCH3 is 3. The molecule has 0 bridgehead atoms. The Hall–Kier alpha value is -1.52. The molecule has 0 N–H and O–H groups in total. The summed E-state index contributed by atoms with van der Waals surface area (Å²) in [5, 5.41) is 0. The number of hydrogen-bond acceptors (Lipinski definition) is 5. The van der Waals surface area contributed by atoms with Gasteiger partial charge < -0.3 is 14.2 Å². The third-order valence-corrected chi connectivity index (χ3v) is 1.61. The summed E-state index contributed by atoms with van der Waals surface area (Å²) in [6.45, 7) is 5.82. The van der Waals surface area contributed by atoms with E-state index in [0.717, 1.165) is 5.56 Å². The minimum Gasteiger partial charge on any atom is -0.481 e. The van der Waals surface area contributed by atoms with E-state index in [1.54, 1.807) is 0 Å². The van der Waals surface area contributed by atoms with E-state index in [1.807, 2.05) is 20.8 Å². The molecule has 1 rings (SSSR count). The molecular formula is C10H18N2O3. The van der Waals surface area contributed by atoms with Crippen LogP contribution in [0.25, 0.3) is 0 Å². The maximum absolute atomic E-state index is 5.02. The molecule has 15 heavy (non-hydrogen) atoms. The van der Waals surface area contributed by atoms with E-state index in [-0.39, 0.29) is 6.01 Å². The van der Waals surface area contributed by atoms with E-state index in [2.05, 4.69) is 9.97 Å². The van der Waals surface area contributed by atoms with Crippen molar-refractivity contribution in [1.29, 1.82) is 0 Å². The lowest BCUT2D eigenvalue weighted by molar-refractivity contribution is 0.326. The van der Waals surface area contributed by atoms with E-state index in [0.29, 0.717) is 11.8 Å². The van der Waals surface area contributed by atoms with Gasteiger partial charge in [-0.05, 0) is 6.92 Å². The van der Waals surface area contributed by atoms with Crippen LogP contribution in [0.5, 0.6) is 17.8 Å². The van der Waals surface area contributed by atoms with E-state index < -0.39 is 0 Å². The highest BCUT2D eigenvalue weighted by atomic mass is 16.5. The van der Waals surface area contributed by atoms with E-state index in [4.69, 9.17) is 14.2 Å². The summed E-state index contributed by atoms with van der Waals surface area (Å²) in [7, 11) is 4.56. The number of nitrogens with zero attached hydrogens (tertiary/aromatic N) is 2. The van der Waals surface area contributed by atoms with Crippen LogP contribution in [0.4, 0.5) is 0 Å². The molecule has 0 aromatic carbocycles. The van der Waals surface area contributed by atoms with Gasteiger partial charge in [0.05, 0.1) is 26.9 Å². The van der Waals surface area contributed by atoms with Crippen LogP contribution in [-0.4, -0.2) is 31.3 Å². The molecule has 0 saturated carbocycles. The van der Waals surface area contributed by atoms with Crippen molar-refractivity contribution in [1.82, 2.24) is 9.97 Å². The highest BCUT2D eigenvalue weighted by Crippen LogP contribution is 2.25. The van der Waals surface area contributed by atoms with E-state index in [9.17, 15) is 0 Å². The van der Waals surface area contributed by atoms with E-state index >= 15 is 0 Å². The Kier molecular flexibility index (Phi) is 6.17. The molecule has 86 valence electrons. The molecule has 0 aliphatic rings. The average Bonchev–Trinajstić information content (AvgIpc) is 2.32. The van der Waals surface area contributed by atoms with Gasteiger partial charge in [-0.15, -0.1) is 0 Å². The Bertz CT molecular complexity index is 278. The predicted molar refractivity (Wildman–Crippen MR) is 57.8 cm³/mol. The predicted octanol–water partition coefficient (Wildman–Crippen LogP) is 1.84. The maximum Gasteiger partial charge on any atom is 0.322 e. The first-order chi connectivity index (χ1) is 7.22. The number of aromatic nitrogens is 2. The lowest BCUT2D eigenvalue weighted by Gasteiger charge is -2.08. The zero-order valence-electron chi connectivity index (χ0n) is 10.1. The molecular weight excluding hydrogens is 196 g/mol. The van der Waals surface area contributed by atoms with Crippen LogP contribution in [0.3, 0.4) is 0 Å². The van der Waals surface area contributed by atoms with Crippen LogP contribution in [0, 0.1) is 6.92 Å². The fraction of sp³-hybridized carbons (Fsp3) is 0.600. The molecule has 1 aromatic rings. The first kappa shape index (κ1) is 13.5. The Morgan fingerprint density at radius 2 is 1.20 bits per heavy atom. The van der Waals surface area contributed by atoms with Crippen LogP contribution >= 0.6 is 0 Å². The van der Waals surface area contributed by atoms with Crippen LogP contribution in [-0.2, 0) is 0 Å². The zero-order chi connectivity index (χ0) is 11.8. The Balaban J connectivity index is 0.000000921. The van der Waals surface area contributed by atoms with Crippen LogP contribution in [0.1, 0.15) is 19.4 Å². The fourth-order valence-corrected chi connectivity index (χ4v) is 0.947. The molecule has 0 aliphatic heterocycles. The maximum atomic E-state index is 5.02. The van der Waals surface area contributed by atoms with Gasteiger partial charge >= 0.3 is 6.01 Å². The van der Waals surface area contributed by atoms with Gasteiger partial charge in [0.1, 0.15) is 0 Å². The second-order valence-corrected chi connectivity index (χ2v) is 2.35. The summed E-state index contributed by atoms with van der Waals surface area (Å²) in [5.41, 5.74) is 0.755. The Morgan fingerprint density at radius 3 is 1.47 bits per heavy atom. The van der Waals surface area contributed by atoms with Crippen molar-refractivity contribution in [2.45, 2.75) is 20.8 Å². The Labute approximate surface area is 90.4 Å². The van der Waals surface area contributed by atoms with Crippen molar-refractivity contribution in [3.05, 3.63) is 5.56 Å². The summed E-state index contributed by atoms with van der Waals surface area (Å²) >= 11 is 0. The smallest absolute Gasteiger partial charge is 0.322 e. The molecule has 1 heterocycles. The van der Waals surface area contributed by atoms with Gasteiger partial charge in [0.25, 0.3) is 0 Å². The third kappa shape index (κ3) is 3.27. The van der Waals surface area contributed by atoms with Crippen LogP contribution < -0.4 is 14.2 Å². The molecule has 0 amide bonds. The molecule has 1 aromatic heterocycles. The average molecular weight is 214 g/mol. The zero-order valence-corrected chi connectivity index (χ0v) is 10.1. The second-order valence-electron chi connectivity index (χ2n) is 2.35. The monoisotopic (exact) mass is 214 g/mol. The molecule has 0 fully saturated rings. The minimum absolute atomic E-state index is 0.235. The van der Waals surface area contributed by atoms with Crippen molar-refractivity contribution in [3.63, 3.8) is 0 Å². The summed E-state index contributed by atoms with van der Waals surface area (Å²) < 4.78 is 14.9. The van der Waals surface area contributed by atoms with Crippen molar-refractivity contribution >= 4 is 0 Å². The SMILES string of the molecule is CC.COc1nc(OC)c(C)c(OC)n1. The van der Waals surface area contributed by atoms with Crippen molar-refractivity contribution in [3.8, 4) is 17.8 Å². The second kappa shape index (κ2) is 6.86. The molecule has 0 atom stereocenters. The standard InChI is InChI=1S/C8H12N2O3.C2H6/c1-5-6(11-2)9-8(13-4)10-7(5)12-3;1-2/h1-4H3;1-2H3. The topological polar surface area (TPSA) is 53.5 Å². The highest BCUT2D eigenvalue weighted by molar-refractivity contribution is 5.35. The van der Waals surface area contributed by atoms with Crippen LogP contribution in [0.2, 0.25) is 0 Å². The van der Waals surface area contributed by atoms with Gasteiger partial charge in [0.15, 0.2) is 0 Å². The summed E-state index contributed by atoms with van der Waals surface area (Å²) in [6, 6.07) is 0.235. The number of hydrogen-bond donors (Lipinski definition) is 0. The molecule has 5 heteroatoms. The van der Waals surface area contributed by atoms with Gasteiger partial charge in [0.2, 0.25) is 11.8 Å². The lowest BCUT2D eigenvalue weighted by Crippen LogP contribution is -2.01. The highest BCUT2D eigenvalue weighted by Gasteiger charge is 2.11. The van der Waals surface area contributed by atoms with Gasteiger partial charge in [-0.2, -0.15) is 9.97 Å². The number of rotatable bonds is 3. The van der Waals surface area contributed by atoms with Crippen LogP contribution in [0.15, 0.2) is 0 Å². The fourth-order valence-electron chi connectivity index (χ4n) is 0.947. The van der Waals surface area contributed by atoms with Crippen molar-refractivity contribution in [2.75, 3.05) is 21.3 Å². The Morgan fingerprint density at radius 1 is 0.800 bits per heavy atom. The van der Waals surface area contributed by atoms with Crippen molar-refractivity contribution in [2.24, 2.45) is 0 Å². The quantitative estimate of drug-likeness (QED) is 0.768. The van der Waals surface area contributed by atoms with E-state index in [1.165, 1.54) is 21.3 Å².